The first-order valence-corrected chi connectivity index (χ1v) is 5.98. The molecule has 0 radical (unpaired) electrons. The minimum Gasteiger partial charge on any atom is -0.495 e. The Kier molecular flexibility index (Phi) is 3.72. The van der Waals surface area contributed by atoms with Crippen molar-refractivity contribution < 1.29 is 14.3 Å². The summed E-state index contributed by atoms with van der Waals surface area (Å²) in [5, 5.41) is 0. The van der Waals surface area contributed by atoms with E-state index in [0.717, 1.165) is 11.3 Å². The smallest absolute Gasteiger partial charge is 0.414 e. The van der Waals surface area contributed by atoms with Crippen LogP contribution in [-0.4, -0.2) is 32.4 Å². The molecule has 1 aromatic carbocycles. The third kappa shape index (κ3) is 2.26. The number of nitrogens with two attached hydrogens (primary N) is 1. The number of carbonyl (C=O) groups is 1. The molecule has 1 atom stereocenters. The van der Waals surface area contributed by atoms with Crippen LogP contribution in [0.15, 0.2) is 18.2 Å². The summed E-state index contributed by atoms with van der Waals surface area (Å²) in [5.74, 6) is 0.668. The van der Waals surface area contributed by atoms with Gasteiger partial charge in [0.1, 0.15) is 12.4 Å². The lowest BCUT2D eigenvalue weighted by molar-refractivity contribution is 0.178. The van der Waals surface area contributed by atoms with Crippen molar-refractivity contribution in [1.82, 2.24) is 0 Å². The maximum absolute atomic E-state index is 11.8. The lowest BCUT2D eigenvalue weighted by atomic mass is 10.1. The predicted octanol–water partition coefficient (Wildman–Crippen LogP) is 1.68. The largest absolute Gasteiger partial charge is 0.495 e. The molecule has 0 aromatic heterocycles. The highest BCUT2D eigenvalue weighted by Crippen LogP contribution is 2.34. The Morgan fingerprint density at radius 3 is 3.00 bits per heavy atom. The Bertz CT molecular complexity index is 448. The molecule has 0 bridgehead atoms. The third-order valence-electron chi connectivity index (χ3n) is 3.05. The molecule has 1 aliphatic rings. The number of aryl methyl sites for hydroxylation is 1. The molecule has 1 unspecified atom stereocenters. The van der Waals surface area contributed by atoms with Crippen molar-refractivity contribution >= 4 is 11.8 Å². The summed E-state index contributed by atoms with van der Waals surface area (Å²) in [4.78, 5) is 13.5. The van der Waals surface area contributed by atoms with E-state index in [9.17, 15) is 4.79 Å². The van der Waals surface area contributed by atoms with Gasteiger partial charge in [-0.15, -0.1) is 0 Å². The molecule has 1 fully saturated rings. The first-order valence-electron chi connectivity index (χ1n) is 5.98. The number of nitrogens with zero attached hydrogens (tertiary/aromatic N) is 1. The number of cyclic esters (lactones) is 1. The van der Waals surface area contributed by atoms with Crippen LogP contribution < -0.4 is 15.4 Å². The van der Waals surface area contributed by atoms with Gasteiger partial charge in [0, 0.05) is 0 Å². The average molecular weight is 250 g/mol. The predicted molar refractivity (Wildman–Crippen MR) is 69.0 cm³/mol. The van der Waals surface area contributed by atoms with Crippen LogP contribution in [0.5, 0.6) is 5.75 Å². The zero-order valence-electron chi connectivity index (χ0n) is 10.7. The van der Waals surface area contributed by atoms with Gasteiger partial charge in [0.15, 0.2) is 0 Å². The third-order valence-corrected chi connectivity index (χ3v) is 3.05. The van der Waals surface area contributed by atoms with Crippen LogP contribution in [0.3, 0.4) is 0 Å². The summed E-state index contributed by atoms with van der Waals surface area (Å²) in [6.07, 6.45) is 0.375. The molecule has 5 heteroatoms. The van der Waals surface area contributed by atoms with Gasteiger partial charge in [-0.05, 0) is 37.6 Å². The second-order valence-corrected chi connectivity index (χ2v) is 4.35. The van der Waals surface area contributed by atoms with E-state index in [1.807, 2.05) is 25.1 Å². The van der Waals surface area contributed by atoms with Crippen molar-refractivity contribution in [2.24, 2.45) is 5.73 Å². The molecule has 2 N–H and O–H groups in total. The maximum Gasteiger partial charge on any atom is 0.414 e. The molecule has 2 rings (SSSR count). The highest BCUT2D eigenvalue weighted by Gasteiger charge is 2.35. The summed E-state index contributed by atoms with van der Waals surface area (Å²) < 4.78 is 10.4. The Morgan fingerprint density at radius 2 is 2.33 bits per heavy atom. The number of carbonyl (C=O) groups excluding carboxylic acids is 1. The number of hydrogen-bond acceptors (Lipinski definition) is 4. The van der Waals surface area contributed by atoms with Crippen LogP contribution in [0.2, 0.25) is 0 Å². The summed E-state index contributed by atoms with van der Waals surface area (Å²) >= 11 is 0. The first kappa shape index (κ1) is 12.7. The van der Waals surface area contributed by atoms with E-state index in [0.29, 0.717) is 25.3 Å². The van der Waals surface area contributed by atoms with Crippen molar-refractivity contribution in [2.45, 2.75) is 19.4 Å². The van der Waals surface area contributed by atoms with Crippen LogP contribution in [0, 0.1) is 6.92 Å². The second-order valence-electron chi connectivity index (χ2n) is 4.35. The normalized spacial score (nSPS) is 18.9. The van der Waals surface area contributed by atoms with Gasteiger partial charge in [0.05, 0.1) is 18.8 Å². The van der Waals surface area contributed by atoms with E-state index in [4.69, 9.17) is 15.2 Å². The molecule has 1 aliphatic heterocycles. The lowest BCUT2D eigenvalue weighted by Crippen LogP contribution is -2.35. The quantitative estimate of drug-likeness (QED) is 0.883. The molecular weight excluding hydrogens is 232 g/mol. The first-order chi connectivity index (χ1) is 8.67. The molecule has 18 heavy (non-hydrogen) atoms. The highest BCUT2D eigenvalue weighted by molar-refractivity contribution is 5.92. The van der Waals surface area contributed by atoms with E-state index >= 15 is 0 Å². The topological polar surface area (TPSA) is 64.8 Å². The number of methoxy groups -OCH3 is 1. The Balaban J connectivity index is 2.38. The highest BCUT2D eigenvalue weighted by atomic mass is 16.6. The molecule has 98 valence electrons. The van der Waals surface area contributed by atoms with Crippen molar-refractivity contribution in [3.05, 3.63) is 23.8 Å². The monoisotopic (exact) mass is 250 g/mol. The number of rotatable bonds is 4. The Hall–Kier alpha value is -1.75. The second kappa shape index (κ2) is 5.27. The van der Waals surface area contributed by atoms with Gasteiger partial charge in [-0.3, -0.25) is 4.90 Å². The fraction of sp³-hybridized carbons (Fsp3) is 0.462. The van der Waals surface area contributed by atoms with Crippen LogP contribution in [0.4, 0.5) is 10.5 Å². The maximum atomic E-state index is 11.8. The van der Waals surface area contributed by atoms with Gasteiger partial charge in [-0.25, -0.2) is 4.79 Å². The summed E-state index contributed by atoms with van der Waals surface area (Å²) in [5.41, 5.74) is 7.38. The van der Waals surface area contributed by atoms with Crippen LogP contribution in [0.25, 0.3) is 0 Å². The number of ether oxygens (including phenoxy) is 2. The molecule has 1 saturated heterocycles. The van der Waals surface area contributed by atoms with Crippen LogP contribution >= 0.6 is 0 Å². The van der Waals surface area contributed by atoms with E-state index in [2.05, 4.69) is 0 Å². The SMILES string of the molecule is COc1ccc(C)cc1N1C(=O)OCC1CCN. The molecule has 0 aliphatic carbocycles. The zero-order valence-corrected chi connectivity index (χ0v) is 10.7. The van der Waals surface area contributed by atoms with Crippen LogP contribution in [0.1, 0.15) is 12.0 Å². The van der Waals surface area contributed by atoms with E-state index < -0.39 is 0 Å². The van der Waals surface area contributed by atoms with Gasteiger partial charge < -0.3 is 15.2 Å². The summed E-state index contributed by atoms with van der Waals surface area (Å²) in [7, 11) is 1.59. The zero-order chi connectivity index (χ0) is 13.1. The molecular formula is C13H18N2O3. The fourth-order valence-corrected chi connectivity index (χ4v) is 2.15. The van der Waals surface area contributed by atoms with Gasteiger partial charge >= 0.3 is 6.09 Å². The molecule has 0 spiro atoms. The van der Waals surface area contributed by atoms with Gasteiger partial charge in [0.25, 0.3) is 0 Å². The fourth-order valence-electron chi connectivity index (χ4n) is 2.15. The van der Waals surface area contributed by atoms with Crippen LogP contribution in [-0.2, 0) is 4.74 Å². The number of anilines is 1. The Labute approximate surface area is 106 Å². The summed E-state index contributed by atoms with van der Waals surface area (Å²) in [6, 6.07) is 5.71. The molecule has 0 saturated carbocycles. The molecule has 1 heterocycles. The summed E-state index contributed by atoms with van der Waals surface area (Å²) in [6.45, 7) is 2.88. The van der Waals surface area contributed by atoms with Crippen molar-refractivity contribution in [2.75, 3.05) is 25.2 Å². The van der Waals surface area contributed by atoms with Crippen molar-refractivity contribution in [3.8, 4) is 5.75 Å². The Morgan fingerprint density at radius 1 is 1.56 bits per heavy atom. The lowest BCUT2D eigenvalue weighted by Gasteiger charge is -2.23. The number of benzene rings is 1. The van der Waals surface area contributed by atoms with Gasteiger partial charge in [-0.2, -0.15) is 0 Å². The van der Waals surface area contributed by atoms with Crippen molar-refractivity contribution in [3.63, 3.8) is 0 Å². The number of hydrogen-bond donors (Lipinski definition) is 1. The minimum atomic E-state index is -0.336. The van der Waals surface area contributed by atoms with E-state index in [-0.39, 0.29) is 12.1 Å². The van der Waals surface area contributed by atoms with Crippen molar-refractivity contribution in [1.29, 1.82) is 0 Å². The van der Waals surface area contributed by atoms with E-state index in [1.54, 1.807) is 12.0 Å². The molecule has 5 nitrogen and oxygen atoms in total. The van der Waals surface area contributed by atoms with Gasteiger partial charge in [-0.1, -0.05) is 6.07 Å². The number of amides is 1. The van der Waals surface area contributed by atoms with E-state index in [1.165, 1.54) is 0 Å². The average Bonchev–Trinajstić information content (AvgIpc) is 2.71. The molecule has 1 amide bonds. The minimum absolute atomic E-state index is 0.0156. The van der Waals surface area contributed by atoms with Gasteiger partial charge in [0.2, 0.25) is 0 Å². The molecule has 1 aromatic rings. The standard InChI is InChI=1S/C13H18N2O3/c1-9-3-4-12(17-2)11(7-9)15-10(5-6-14)8-18-13(15)16/h3-4,7,10H,5-6,8,14H2,1-2H3.